The summed E-state index contributed by atoms with van der Waals surface area (Å²) in [5.41, 5.74) is 1.41. The monoisotopic (exact) mass is 350 g/mol. The van der Waals surface area contributed by atoms with Gasteiger partial charge in [-0.05, 0) is 32.1 Å². The SMILES string of the molecule is CCCCCCC=C[C@@H]1C=C(Cl)CC1=CCCCCC(=C=O)OC. The van der Waals surface area contributed by atoms with Crippen molar-refractivity contribution in [3.63, 3.8) is 0 Å². The van der Waals surface area contributed by atoms with Crippen LogP contribution in [-0.2, 0) is 9.53 Å². The van der Waals surface area contributed by atoms with E-state index in [4.69, 9.17) is 16.3 Å². The Hall–Kier alpha value is -1.24. The fourth-order valence-corrected chi connectivity index (χ4v) is 3.20. The molecule has 0 bridgehead atoms. The van der Waals surface area contributed by atoms with Crippen molar-refractivity contribution in [1.29, 1.82) is 0 Å². The Morgan fingerprint density at radius 2 is 2.08 bits per heavy atom. The summed E-state index contributed by atoms with van der Waals surface area (Å²) in [5, 5.41) is 0.951. The van der Waals surface area contributed by atoms with Gasteiger partial charge in [-0.2, -0.15) is 0 Å². The molecule has 1 atom stereocenters. The maximum Gasteiger partial charge on any atom is 0.179 e. The zero-order valence-electron chi connectivity index (χ0n) is 15.2. The lowest BCUT2D eigenvalue weighted by molar-refractivity contribution is 0.277. The lowest BCUT2D eigenvalue weighted by Crippen LogP contribution is -1.92. The van der Waals surface area contributed by atoms with Crippen molar-refractivity contribution < 1.29 is 9.53 Å². The molecule has 3 heteroatoms. The van der Waals surface area contributed by atoms with Crippen LogP contribution in [0.5, 0.6) is 0 Å². The summed E-state index contributed by atoms with van der Waals surface area (Å²) in [7, 11) is 1.52. The van der Waals surface area contributed by atoms with Crippen LogP contribution in [-0.4, -0.2) is 13.1 Å². The molecule has 0 aromatic heterocycles. The van der Waals surface area contributed by atoms with Crippen LogP contribution in [0.1, 0.15) is 71.1 Å². The second kappa shape index (κ2) is 13.1. The Labute approximate surface area is 152 Å². The molecule has 0 N–H and O–H groups in total. The number of allylic oxidation sites excluding steroid dienone is 7. The molecule has 0 saturated heterocycles. The topological polar surface area (TPSA) is 26.3 Å². The third kappa shape index (κ3) is 8.57. The summed E-state index contributed by atoms with van der Waals surface area (Å²) in [6.45, 7) is 2.24. The number of methoxy groups -OCH3 is 1. The van der Waals surface area contributed by atoms with Crippen LogP contribution in [0.3, 0.4) is 0 Å². The molecule has 1 aliphatic rings. The van der Waals surface area contributed by atoms with E-state index in [9.17, 15) is 4.79 Å². The van der Waals surface area contributed by atoms with E-state index in [-0.39, 0.29) is 0 Å². The first-order chi connectivity index (χ1) is 11.7. The molecule has 0 heterocycles. The van der Waals surface area contributed by atoms with Gasteiger partial charge in [0, 0.05) is 23.8 Å². The molecule has 24 heavy (non-hydrogen) atoms. The van der Waals surface area contributed by atoms with Gasteiger partial charge in [0.05, 0.1) is 7.11 Å². The second-order valence-corrected chi connectivity index (χ2v) is 6.83. The van der Waals surface area contributed by atoms with E-state index in [0.29, 0.717) is 18.1 Å². The first-order valence-corrected chi connectivity index (χ1v) is 9.58. The Bertz CT molecular complexity index is 496. The molecule has 0 aliphatic heterocycles. The minimum Gasteiger partial charge on any atom is -0.490 e. The van der Waals surface area contributed by atoms with Crippen LogP contribution in [0.2, 0.25) is 0 Å². The number of hydrogen-bond acceptors (Lipinski definition) is 2. The minimum absolute atomic E-state index is 0.369. The van der Waals surface area contributed by atoms with Crippen molar-refractivity contribution >= 4 is 17.5 Å². The van der Waals surface area contributed by atoms with E-state index in [1.807, 2.05) is 5.94 Å². The Morgan fingerprint density at radius 3 is 2.79 bits per heavy atom. The van der Waals surface area contributed by atoms with Gasteiger partial charge in [0.15, 0.2) is 11.7 Å². The van der Waals surface area contributed by atoms with E-state index in [1.165, 1.54) is 38.4 Å². The maximum atomic E-state index is 10.5. The van der Waals surface area contributed by atoms with Gasteiger partial charge in [-0.25, -0.2) is 4.79 Å². The van der Waals surface area contributed by atoms with Gasteiger partial charge in [-0.3, -0.25) is 0 Å². The van der Waals surface area contributed by atoms with Crippen LogP contribution in [0, 0.1) is 5.92 Å². The highest BCUT2D eigenvalue weighted by Gasteiger charge is 2.17. The van der Waals surface area contributed by atoms with E-state index < -0.39 is 0 Å². The molecule has 0 unspecified atom stereocenters. The molecule has 1 aliphatic carbocycles. The second-order valence-electron chi connectivity index (χ2n) is 6.35. The van der Waals surface area contributed by atoms with Crippen LogP contribution in [0.25, 0.3) is 0 Å². The van der Waals surface area contributed by atoms with Crippen LogP contribution in [0.15, 0.2) is 40.7 Å². The Morgan fingerprint density at radius 1 is 1.29 bits per heavy atom. The summed E-state index contributed by atoms with van der Waals surface area (Å²) in [6.07, 6.45) is 20.0. The molecule has 0 amide bonds. The summed E-state index contributed by atoms with van der Waals surface area (Å²) >= 11 is 6.23. The highest BCUT2D eigenvalue weighted by molar-refractivity contribution is 6.30. The van der Waals surface area contributed by atoms with Gasteiger partial charge in [0.1, 0.15) is 0 Å². The third-order valence-electron chi connectivity index (χ3n) is 4.35. The van der Waals surface area contributed by atoms with Gasteiger partial charge in [-0.15, -0.1) is 0 Å². The zero-order chi connectivity index (χ0) is 17.6. The van der Waals surface area contributed by atoms with E-state index in [0.717, 1.165) is 37.1 Å². The van der Waals surface area contributed by atoms with E-state index >= 15 is 0 Å². The van der Waals surface area contributed by atoms with Gasteiger partial charge in [0.25, 0.3) is 0 Å². The first kappa shape index (κ1) is 20.8. The van der Waals surface area contributed by atoms with Crippen LogP contribution in [0.4, 0.5) is 0 Å². The van der Waals surface area contributed by atoms with Gasteiger partial charge < -0.3 is 4.74 Å². The van der Waals surface area contributed by atoms with Crippen LogP contribution >= 0.6 is 11.6 Å². The Kier molecular flexibility index (Phi) is 11.4. The summed E-state index contributed by atoms with van der Waals surface area (Å²) < 4.78 is 4.93. The number of rotatable bonds is 12. The molecule has 0 saturated carbocycles. The lowest BCUT2D eigenvalue weighted by Gasteiger charge is -2.06. The molecule has 2 nitrogen and oxygen atoms in total. The molecular formula is C21H31ClO2. The number of ether oxygens (including phenoxy) is 1. The average Bonchev–Trinajstić information content (AvgIpc) is 2.94. The van der Waals surface area contributed by atoms with Crippen molar-refractivity contribution in [1.82, 2.24) is 0 Å². The molecule has 1 rings (SSSR count). The van der Waals surface area contributed by atoms with E-state index in [1.54, 1.807) is 0 Å². The summed E-state index contributed by atoms with van der Waals surface area (Å²) in [5.74, 6) is 2.61. The molecule has 0 aromatic carbocycles. The van der Waals surface area contributed by atoms with Gasteiger partial charge in [0.2, 0.25) is 0 Å². The molecule has 0 fully saturated rings. The lowest BCUT2D eigenvalue weighted by atomic mass is 9.99. The zero-order valence-corrected chi connectivity index (χ0v) is 15.9. The Balaban J connectivity index is 2.34. The molecular weight excluding hydrogens is 320 g/mol. The van der Waals surface area contributed by atoms with Crippen molar-refractivity contribution in [2.45, 2.75) is 71.1 Å². The van der Waals surface area contributed by atoms with Crippen LogP contribution < -0.4 is 0 Å². The maximum absolute atomic E-state index is 10.5. The predicted molar refractivity (Wildman–Crippen MR) is 103 cm³/mol. The predicted octanol–water partition coefficient (Wildman–Crippen LogP) is 6.50. The summed E-state index contributed by atoms with van der Waals surface area (Å²) in [6, 6.07) is 0. The molecule has 0 radical (unpaired) electrons. The number of hydrogen-bond donors (Lipinski definition) is 0. The summed E-state index contributed by atoms with van der Waals surface area (Å²) in [4.78, 5) is 10.5. The number of unbranched alkanes of at least 4 members (excludes halogenated alkanes) is 6. The first-order valence-electron chi connectivity index (χ1n) is 9.21. The van der Waals surface area contributed by atoms with Crippen molar-refractivity contribution in [3.8, 4) is 0 Å². The number of carbonyl (C=O) groups excluding carboxylic acids is 1. The fourth-order valence-electron chi connectivity index (χ4n) is 2.90. The normalized spacial score (nSPS) is 18.9. The largest absolute Gasteiger partial charge is 0.490 e. The molecule has 0 aromatic rings. The van der Waals surface area contributed by atoms with Gasteiger partial charge in [-0.1, -0.05) is 67.7 Å². The van der Waals surface area contributed by atoms with Crippen molar-refractivity contribution in [2.75, 3.05) is 7.11 Å². The van der Waals surface area contributed by atoms with Gasteiger partial charge >= 0.3 is 0 Å². The van der Waals surface area contributed by atoms with E-state index in [2.05, 4.69) is 31.2 Å². The van der Waals surface area contributed by atoms with Crippen molar-refractivity contribution in [2.24, 2.45) is 5.92 Å². The highest BCUT2D eigenvalue weighted by Crippen LogP contribution is 2.33. The van der Waals surface area contributed by atoms with Crippen molar-refractivity contribution in [3.05, 3.63) is 40.7 Å². The molecule has 134 valence electrons. The standard InChI is InChI=1S/C21H31ClO2/c1-3-4-5-6-7-9-12-18-15-20(22)16-19(18)13-10-8-11-14-21(17-23)24-2/h9,12-13,15,18H,3-8,10-11,14,16H2,1-2H3/t18-/m1/s1. The molecule has 0 spiro atoms. The quantitative estimate of drug-likeness (QED) is 0.174. The average molecular weight is 351 g/mol. The number of halogens is 1. The smallest absolute Gasteiger partial charge is 0.179 e. The minimum atomic E-state index is 0.369. The third-order valence-corrected chi connectivity index (χ3v) is 4.61. The fraction of sp³-hybridized carbons (Fsp3) is 0.619. The highest BCUT2D eigenvalue weighted by atomic mass is 35.5.